The topological polar surface area (TPSA) is 26.3 Å². The van der Waals surface area contributed by atoms with Gasteiger partial charge in [0.15, 0.2) is 0 Å². The van der Waals surface area contributed by atoms with Gasteiger partial charge in [0, 0.05) is 0 Å². The number of carbonyl (C=O) groups excluding carboxylic acids is 1. The second kappa shape index (κ2) is 4.78. The molecule has 0 bridgehead atoms. The molecule has 2 nitrogen and oxygen atoms in total. The molecule has 0 amide bonds. The summed E-state index contributed by atoms with van der Waals surface area (Å²) in [7, 11) is 0. The number of carbonyl (C=O) groups is 1. The third-order valence-electron chi connectivity index (χ3n) is 2.34. The second-order valence-corrected chi connectivity index (χ2v) is 3.72. The third-order valence-corrected chi connectivity index (χ3v) is 2.34. The molecule has 1 aliphatic carbocycles. The van der Waals surface area contributed by atoms with Crippen molar-refractivity contribution in [2.24, 2.45) is 5.92 Å². The maximum Gasteiger partial charge on any atom is 0.309 e. The van der Waals surface area contributed by atoms with E-state index in [9.17, 15) is 4.79 Å². The fraction of sp³-hybridized carbons (Fsp3) is 0.308. The molecule has 0 radical (unpaired) electrons. The van der Waals surface area contributed by atoms with E-state index in [1.807, 2.05) is 42.5 Å². The van der Waals surface area contributed by atoms with Crippen molar-refractivity contribution >= 4 is 12.0 Å². The summed E-state index contributed by atoms with van der Waals surface area (Å²) in [6.45, 7) is 0.379. The first kappa shape index (κ1) is 9.97. The van der Waals surface area contributed by atoms with E-state index >= 15 is 0 Å². The predicted octanol–water partition coefficient (Wildman–Crippen LogP) is 2.65. The Kier molecular flexibility index (Phi) is 3.18. The molecule has 2 heteroatoms. The molecule has 0 spiro atoms. The van der Waals surface area contributed by atoms with Gasteiger partial charge in [-0.05, 0) is 24.5 Å². The highest BCUT2D eigenvalue weighted by Crippen LogP contribution is 2.29. The lowest BCUT2D eigenvalue weighted by Gasteiger charge is -1.98. The van der Waals surface area contributed by atoms with Crippen LogP contribution in [0.25, 0.3) is 6.08 Å². The molecule has 1 saturated carbocycles. The predicted molar refractivity (Wildman–Crippen MR) is 59.2 cm³/mol. The molecule has 1 aromatic rings. The monoisotopic (exact) mass is 202 g/mol. The van der Waals surface area contributed by atoms with Gasteiger partial charge in [0.1, 0.15) is 6.61 Å². The van der Waals surface area contributed by atoms with Gasteiger partial charge in [0.25, 0.3) is 0 Å². The Hall–Kier alpha value is -1.57. The van der Waals surface area contributed by atoms with E-state index in [1.54, 1.807) is 0 Å². The summed E-state index contributed by atoms with van der Waals surface area (Å²) in [5.74, 6) is 0.142. The average molecular weight is 202 g/mol. The van der Waals surface area contributed by atoms with E-state index in [1.165, 1.54) is 0 Å². The van der Waals surface area contributed by atoms with E-state index in [-0.39, 0.29) is 11.9 Å². The normalized spacial score (nSPS) is 15.5. The second-order valence-electron chi connectivity index (χ2n) is 3.72. The molecule has 0 aromatic heterocycles. The lowest BCUT2D eigenvalue weighted by molar-refractivity contribution is -0.143. The Morgan fingerprint density at radius 2 is 2.07 bits per heavy atom. The van der Waals surface area contributed by atoms with Crippen molar-refractivity contribution in [2.75, 3.05) is 6.61 Å². The summed E-state index contributed by atoms with van der Waals surface area (Å²) >= 11 is 0. The standard InChI is InChI=1S/C13H14O2/c14-13(12-8-9-12)15-10-4-7-11-5-2-1-3-6-11/h1-7,12H,8-10H2. The minimum Gasteiger partial charge on any atom is -0.461 e. The fourth-order valence-electron chi connectivity index (χ4n) is 1.32. The van der Waals surface area contributed by atoms with Crippen LogP contribution in [0.15, 0.2) is 36.4 Å². The van der Waals surface area contributed by atoms with E-state index in [4.69, 9.17) is 4.74 Å². The zero-order chi connectivity index (χ0) is 10.5. The first-order chi connectivity index (χ1) is 7.36. The van der Waals surface area contributed by atoms with Crippen LogP contribution < -0.4 is 0 Å². The number of benzene rings is 1. The van der Waals surface area contributed by atoms with Crippen LogP contribution in [0.2, 0.25) is 0 Å². The first-order valence-electron chi connectivity index (χ1n) is 5.24. The largest absolute Gasteiger partial charge is 0.461 e. The first-order valence-corrected chi connectivity index (χ1v) is 5.24. The number of hydrogen-bond acceptors (Lipinski definition) is 2. The van der Waals surface area contributed by atoms with E-state index in [2.05, 4.69) is 0 Å². The number of esters is 1. The Bertz CT molecular complexity index is 350. The Morgan fingerprint density at radius 3 is 2.73 bits per heavy atom. The van der Waals surface area contributed by atoms with Crippen LogP contribution in [0.5, 0.6) is 0 Å². The lowest BCUT2D eigenvalue weighted by Crippen LogP contribution is -2.05. The van der Waals surface area contributed by atoms with Gasteiger partial charge in [-0.25, -0.2) is 0 Å². The molecule has 0 heterocycles. The van der Waals surface area contributed by atoms with Gasteiger partial charge in [0.05, 0.1) is 5.92 Å². The van der Waals surface area contributed by atoms with Crippen LogP contribution in [-0.4, -0.2) is 12.6 Å². The molecule has 15 heavy (non-hydrogen) atoms. The molecule has 0 unspecified atom stereocenters. The lowest BCUT2D eigenvalue weighted by atomic mass is 10.2. The number of ether oxygens (including phenoxy) is 1. The molecule has 2 rings (SSSR count). The van der Waals surface area contributed by atoms with E-state index in [0.29, 0.717) is 6.61 Å². The summed E-state index contributed by atoms with van der Waals surface area (Å²) in [6.07, 6.45) is 5.83. The Balaban J connectivity index is 1.73. The maximum absolute atomic E-state index is 11.2. The average Bonchev–Trinajstić information content (AvgIpc) is 3.09. The zero-order valence-electron chi connectivity index (χ0n) is 8.56. The number of hydrogen-bond donors (Lipinski definition) is 0. The van der Waals surface area contributed by atoms with Crippen LogP contribution in [0.4, 0.5) is 0 Å². The van der Waals surface area contributed by atoms with Crippen LogP contribution in [0, 0.1) is 5.92 Å². The SMILES string of the molecule is O=C(OCC=Cc1ccccc1)C1CC1. The van der Waals surface area contributed by atoms with Crippen molar-refractivity contribution in [3.05, 3.63) is 42.0 Å². The van der Waals surface area contributed by atoms with Crippen LogP contribution in [0.1, 0.15) is 18.4 Å². The summed E-state index contributed by atoms with van der Waals surface area (Å²) in [4.78, 5) is 11.2. The molecule has 0 N–H and O–H groups in total. The minimum absolute atomic E-state index is 0.0484. The summed E-state index contributed by atoms with van der Waals surface area (Å²) in [6, 6.07) is 9.97. The van der Waals surface area contributed by atoms with Crippen molar-refractivity contribution in [1.29, 1.82) is 0 Å². The Morgan fingerprint density at radius 1 is 1.33 bits per heavy atom. The molecule has 0 saturated heterocycles. The number of rotatable bonds is 4. The van der Waals surface area contributed by atoms with Gasteiger partial charge in [-0.2, -0.15) is 0 Å². The quantitative estimate of drug-likeness (QED) is 0.701. The van der Waals surface area contributed by atoms with Crippen LogP contribution >= 0.6 is 0 Å². The summed E-state index contributed by atoms with van der Waals surface area (Å²) in [5.41, 5.74) is 1.12. The highest BCUT2D eigenvalue weighted by atomic mass is 16.5. The van der Waals surface area contributed by atoms with E-state index in [0.717, 1.165) is 18.4 Å². The molecule has 78 valence electrons. The van der Waals surface area contributed by atoms with Crippen LogP contribution in [-0.2, 0) is 9.53 Å². The Labute approximate surface area is 89.6 Å². The van der Waals surface area contributed by atoms with Crippen LogP contribution in [0.3, 0.4) is 0 Å². The van der Waals surface area contributed by atoms with Gasteiger partial charge < -0.3 is 4.74 Å². The molecule has 0 atom stereocenters. The van der Waals surface area contributed by atoms with Gasteiger partial charge in [-0.1, -0.05) is 36.4 Å². The summed E-state index contributed by atoms with van der Waals surface area (Å²) in [5, 5.41) is 0. The smallest absolute Gasteiger partial charge is 0.309 e. The summed E-state index contributed by atoms with van der Waals surface area (Å²) < 4.78 is 5.06. The molecule has 1 aliphatic rings. The molecular formula is C13H14O2. The minimum atomic E-state index is -0.0484. The third kappa shape index (κ3) is 3.24. The molecule has 1 fully saturated rings. The highest BCUT2D eigenvalue weighted by Gasteiger charge is 2.30. The highest BCUT2D eigenvalue weighted by molar-refractivity contribution is 5.75. The molecular weight excluding hydrogens is 188 g/mol. The maximum atomic E-state index is 11.2. The zero-order valence-corrected chi connectivity index (χ0v) is 8.56. The van der Waals surface area contributed by atoms with Crippen molar-refractivity contribution in [3.63, 3.8) is 0 Å². The van der Waals surface area contributed by atoms with Gasteiger partial charge >= 0.3 is 5.97 Å². The molecule has 1 aromatic carbocycles. The van der Waals surface area contributed by atoms with E-state index < -0.39 is 0 Å². The van der Waals surface area contributed by atoms with Crippen molar-refractivity contribution in [3.8, 4) is 0 Å². The van der Waals surface area contributed by atoms with Crippen molar-refractivity contribution < 1.29 is 9.53 Å². The molecule has 0 aliphatic heterocycles. The van der Waals surface area contributed by atoms with Gasteiger partial charge in [0.2, 0.25) is 0 Å². The fourth-order valence-corrected chi connectivity index (χ4v) is 1.32. The van der Waals surface area contributed by atoms with Gasteiger partial charge in [-0.15, -0.1) is 0 Å². The van der Waals surface area contributed by atoms with Crippen molar-refractivity contribution in [2.45, 2.75) is 12.8 Å². The van der Waals surface area contributed by atoms with Crippen molar-refractivity contribution in [1.82, 2.24) is 0 Å². The van der Waals surface area contributed by atoms with Gasteiger partial charge in [-0.3, -0.25) is 4.79 Å².